The topological polar surface area (TPSA) is 78.9 Å². The van der Waals surface area contributed by atoms with Gasteiger partial charge < -0.3 is 14.7 Å². The lowest BCUT2D eigenvalue weighted by Gasteiger charge is -2.29. The molecule has 0 bridgehead atoms. The molecule has 2 aromatic rings. The normalized spacial score (nSPS) is 15.3. The van der Waals surface area contributed by atoms with E-state index in [9.17, 15) is 13.5 Å². The van der Waals surface area contributed by atoms with Gasteiger partial charge in [-0.05, 0) is 42.8 Å². The van der Waals surface area contributed by atoms with E-state index in [1.54, 1.807) is 31.2 Å². The molecule has 0 spiro atoms. The fourth-order valence-corrected chi connectivity index (χ4v) is 3.87. The summed E-state index contributed by atoms with van der Waals surface area (Å²) in [5.41, 5.74) is 2.15. The van der Waals surface area contributed by atoms with Crippen LogP contribution < -0.4 is 9.62 Å². The van der Waals surface area contributed by atoms with Crippen LogP contribution in [0.4, 0.5) is 11.4 Å². The van der Waals surface area contributed by atoms with Gasteiger partial charge in [-0.15, -0.1) is 0 Å². The lowest BCUT2D eigenvalue weighted by atomic mass is 10.2. The van der Waals surface area contributed by atoms with Crippen molar-refractivity contribution in [3.63, 3.8) is 0 Å². The SMILES string of the molecule is Cc1ccc(O)c(S(=O)(=O)Nc2cccc(N3CCOCC3)c2)c1. The van der Waals surface area contributed by atoms with Gasteiger partial charge in [0.05, 0.1) is 18.9 Å². The summed E-state index contributed by atoms with van der Waals surface area (Å²) in [4.78, 5) is 2.02. The zero-order chi connectivity index (χ0) is 17.2. The van der Waals surface area contributed by atoms with E-state index >= 15 is 0 Å². The van der Waals surface area contributed by atoms with Crippen LogP contribution in [0.5, 0.6) is 5.75 Å². The highest BCUT2D eigenvalue weighted by Gasteiger charge is 2.19. The summed E-state index contributed by atoms with van der Waals surface area (Å²) < 4.78 is 33.0. The van der Waals surface area contributed by atoms with E-state index in [4.69, 9.17) is 4.74 Å². The first-order valence-corrected chi connectivity index (χ1v) is 9.19. The second-order valence-corrected chi connectivity index (χ2v) is 7.38. The maximum atomic E-state index is 12.6. The van der Waals surface area contributed by atoms with Crippen LogP contribution in [0.1, 0.15) is 5.56 Å². The molecule has 0 radical (unpaired) electrons. The Kier molecular flexibility index (Phi) is 4.64. The first-order chi connectivity index (χ1) is 11.5. The van der Waals surface area contributed by atoms with E-state index in [0.717, 1.165) is 24.3 Å². The number of ether oxygens (including phenoxy) is 1. The Morgan fingerprint density at radius 1 is 1.12 bits per heavy atom. The van der Waals surface area contributed by atoms with E-state index in [1.165, 1.54) is 12.1 Å². The standard InChI is InChI=1S/C17H20N2O4S/c1-13-5-6-16(20)17(11-13)24(21,22)18-14-3-2-4-15(12-14)19-7-9-23-10-8-19/h2-6,11-12,18,20H,7-10H2,1H3. The molecule has 0 saturated carbocycles. The number of anilines is 2. The van der Waals surface area contributed by atoms with Gasteiger partial charge in [0, 0.05) is 18.8 Å². The monoisotopic (exact) mass is 348 g/mol. The molecule has 0 atom stereocenters. The average molecular weight is 348 g/mol. The number of nitrogens with zero attached hydrogens (tertiary/aromatic N) is 1. The Morgan fingerprint density at radius 2 is 1.88 bits per heavy atom. The van der Waals surface area contributed by atoms with Gasteiger partial charge in [0.1, 0.15) is 10.6 Å². The minimum atomic E-state index is -3.86. The van der Waals surface area contributed by atoms with Crippen molar-refractivity contribution in [2.75, 3.05) is 35.9 Å². The number of sulfonamides is 1. The largest absolute Gasteiger partial charge is 0.507 e. The molecule has 0 aliphatic carbocycles. The summed E-state index contributed by atoms with van der Waals surface area (Å²) in [5.74, 6) is -0.266. The Bertz CT molecular complexity index is 830. The molecule has 1 saturated heterocycles. The molecule has 1 fully saturated rings. The Hall–Kier alpha value is -2.25. The number of hydrogen-bond donors (Lipinski definition) is 2. The smallest absolute Gasteiger partial charge is 0.265 e. The minimum Gasteiger partial charge on any atom is -0.507 e. The summed E-state index contributed by atoms with van der Waals surface area (Å²) >= 11 is 0. The first-order valence-electron chi connectivity index (χ1n) is 7.71. The third kappa shape index (κ3) is 3.63. The Morgan fingerprint density at radius 3 is 2.62 bits per heavy atom. The quantitative estimate of drug-likeness (QED) is 0.887. The van der Waals surface area contributed by atoms with Gasteiger partial charge in [0.25, 0.3) is 10.0 Å². The molecule has 7 heteroatoms. The lowest BCUT2D eigenvalue weighted by molar-refractivity contribution is 0.122. The van der Waals surface area contributed by atoms with E-state index in [2.05, 4.69) is 9.62 Å². The molecule has 0 unspecified atom stereocenters. The fourth-order valence-electron chi connectivity index (χ4n) is 2.63. The van der Waals surface area contributed by atoms with Crippen molar-refractivity contribution >= 4 is 21.4 Å². The van der Waals surface area contributed by atoms with Gasteiger partial charge in [-0.1, -0.05) is 12.1 Å². The van der Waals surface area contributed by atoms with Crippen LogP contribution in [-0.2, 0) is 14.8 Å². The van der Waals surface area contributed by atoms with Crippen molar-refractivity contribution in [2.45, 2.75) is 11.8 Å². The van der Waals surface area contributed by atoms with Crippen LogP contribution in [0.3, 0.4) is 0 Å². The molecule has 1 heterocycles. The molecule has 2 N–H and O–H groups in total. The summed E-state index contributed by atoms with van der Waals surface area (Å²) in [6, 6.07) is 11.7. The highest BCUT2D eigenvalue weighted by atomic mass is 32.2. The van der Waals surface area contributed by atoms with E-state index < -0.39 is 10.0 Å². The molecule has 0 aromatic heterocycles. The third-order valence-corrected chi connectivity index (χ3v) is 5.29. The Labute approximate surface area is 141 Å². The summed E-state index contributed by atoms with van der Waals surface area (Å²) in [6.45, 7) is 4.64. The van der Waals surface area contributed by atoms with Crippen molar-refractivity contribution in [1.82, 2.24) is 0 Å². The van der Waals surface area contributed by atoms with Crippen molar-refractivity contribution in [2.24, 2.45) is 0 Å². The van der Waals surface area contributed by atoms with Crippen LogP contribution in [0.25, 0.3) is 0 Å². The van der Waals surface area contributed by atoms with Crippen LogP contribution in [0.2, 0.25) is 0 Å². The van der Waals surface area contributed by atoms with Crippen LogP contribution in [0.15, 0.2) is 47.4 Å². The lowest BCUT2D eigenvalue weighted by Crippen LogP contribution is -2.36. The van der Waals surface area contributed by atoms with Crippen molar-refractivity contribution in [3.05, 3.63) is 48.0 Å². The number of phenolic OH excluding ortho intramolecular Hbond substituents is 1. The van der Waals surface area contributed by atoms with E-state index in [-0.39, 0.29) is 10.6 Å². The molecular formula is C17H20N2O4S. The molecule has 24 heavy (non-hydrogen) atoms. The number of nitrogens with one attached hydrogen (secondary N) is 1. The third-order valence-electron chi connectivity index (χ3n) is 3.88. The van der Waals surface area contributed by atoms with Gasteiger partial charge in [-0.2, -0.15) is 0 Å². The number of morpholine rings is 1. The van der Waals surface area contributed by atoms with Gasteiger partial charge in [-0.25, -0.2) is 8.42 Å². The number of aromatic hydroxyl groups is 1. The zero-order valence-electron chi connectivity index (χ0n) is 13.4. The van der Waals surface area contributed by atoms with Crippen molar-refractivity contribution < 1.29 is 18.3 Å². The van der Waals surface area contributed by atoms with Gasteiger partial charge in [0.2, 0.25) is 0 Å². The molecule has 2 aromatic carbocycles. The highest BCUT2D eigenvalue weighted by Crippen LogP contribution is 2.27. The van der Waals surface area contributed by atoms with Gasteiger partial charge in [-0.3, -0.25) is 4.72 Å². The van der Waals surface area contributed by atoms with Gasteiger partial charge in [0.15, 0.2) is 0 Å². The molecular weight excluding hydrogens is 328 g/mol. The second-order valence-electron chi connectivity index (χ2n) is 5.73. The number of benzene rings is 2. The summed E-state index contributed by atoms with van der Waals surface area (Å²) in [6.07, 6.45) is 0. The molecule has 0 amide bonds. The molecule has 128 valence electrons. The van der Waals surface area contributed by atoms with Crippen LogP contribution >= 0.6 is 0 Å². The maximum absolute atomic E-state index is 12.6. The minimum absolute atomic E-state index is 0.126. The van der Waals surface area contributed by atoms with Crippen molar-refractivity contribution in [3.8, 4) is 5.75 Å². The van der Waals surface area contributed by atoms with Gasteiger partial charge >= 0.3 is 0 Å². The molecule has 3 rings (SSSR count). The molecule has 1 aliphatic rings. The zero-order valence-corrected chi connectivity index (χ0v) is 14.2. The average Bonchev–Trinajstić information content (AvgIpc) is 2.57. The van der Waals surface area contributed by atoms with Crippen molar-refractivity contribution in [1.29, 1.82) is 0 Å². The second kappa shape index (κ2) is 6.70. The number of hydrogen-bond acceptors (Lipinski definition) is 5. The Balaban J connectivity index is 1.86. The number of phenols is 1. The maximum Gasteiger partial charge on any atom is 0.265 e. The predicted molar refractivity (Wildman–Crippen MR) is 93.1 cm³/mol. The molecule has 1 aliphatic heterocycles. The summed E-state index contributed by atoms with van der Waals surface area (Å²) in [7, 11) is -3.86. The highest BCUT2D eigenvalue weighted by molar-refractivity contribution is 7.92. The van der Waals surface area contributed by atoms with Crippen LogP contribution in [-0.4, -0.2) is 39.8 Å². The van der Waals surface area contributed by atoms with E-state index in [0.29, 0.717) is 18.9 Å². The van der Waals surface area contributed by atoms with E-state index in [1.807, 2.05) is 6.07 Å². The number of rotatable bonds is 4. The number of aryl methyl sites for hydroxylation is 1. The predicted octanol–water partition coefficient (Wildman–Crippen LogP) is 2.34. The first kappa shape index (κ1) is 16.6. The van der Waals surface area contributed by atoms with Crippen LogP contribution in [0, 0.1) is 6.92 Å². The molecule has 6 nitrogen and oxygen atoms in total. The fraction of sp³-hybridized carbons (Fsp3) is 0.294. The summed E-state index contributed by atoms with van der Waals surface area (Å²) in [5, 5.41) is 9.87.